The Morgan fingerprint density at radius 2 is 1.36 bits per heavy atom. The molecule has 0 spiro atoms. The van der Waals surface area contributed by atoms with Crippen LogP contribution in [0.25, 0.3) is 0 Å². The van der Waals surface area contributed by atoms with Gasteiger partial charge in [-0.3, -0.25) is 4.79 Å². The summed E-state index contributed by atoms with van der Waals surface area (Å²) >= 11 is 0. The van der Waals surface area contributed by atoms with Crippen molar-refractivity contribution >= 4 is 34.4 Å². The van der Waals surface area contributed by atoms with E-state index in [0.29, 0.717) is 42.5 Å². The second-order valence-corrected chi connectivity index (χ2v) is 29.5. The number of aliphatic hydroxyl groups excluding tert-OH is 1. The molecule has 1 heterocycles. The normalized spacial score (nSPS) is 27.0. The Hall–Kier alpha value is -2.22. The van der Waals surface area contributed by atoms with Crippen molar-refractivity contribution in [3.05, 3.63) is 34.3 Å². The average Bonchev–Trinajstić information content (AvgIpc) is 3.01. The van der Waals surface area contributed by atoms with Crippen molar-refractivity contribution in [3.63, 3.8) is 0 Å². The summed E-state index contributed by atoms with van der Waals surface area (Å²) in [6.07, 6.45) is 4.32. The molecule has 0 aromatic rings. The van der Waals surface area contributed by atoms with E-state index >= 15 is 0 Å². The minimum absolute atomic E-state index is 0.00946. The molecular formula is C44H78O9Si2. The number of aliphatic hydroxyl groups is 1. The second kappa shape index (κ2) is 18.6. The minimum atomic E-state index is -2.07. The lowest BCUT2D eigenvalue weighted by Gasteiger charge is -2.54. The highest BCUT2D eigenvalue weighted by Crippen LogP contribution is 2.51. The van der Waals surface area contributed by atoms with Gasteiger partial charge >= 0.3 is 11.9 Å². The molecule has 55 heavy (non-hydrogen) atoms. The quantitative estimate of drug-likeness (QED) is 0.0716. The van der Waals surface area contributed by atoms with E-state index in [4.69, 9.17) is 23.1 Å². The Kier molecular flexibility index (Phi) is 16.5. The first-order chi connectivity index (χ1) is 24.9. The number of ether oxygens (including phenoxy) is 3. The molecule has 2 aliphatic carbocycles. The van der Waals surface area contributed by atoms with Crippen LogP contribution in [0.5, 0.6) is 0 Å². The van der Waals surface area contributed by atoms with Crippen LogP contribution in [-0.4, -0.2) is 70.5 Å². The van der Waals surface area contributed by atoms with Crippen LogP contribution in [0.15, 0.2) is 34.3 Å². The fourth-order valence-electron chi connectivity index (χ4n) is 7.31. The SMILES string of the molecule is CCOC(=O)/C=C(\O)C1=C(C)[C@@H](O[Si](C)(C)C(C)(C)C)C[C@@H](C(C)C)C1.CCOC(=O)C1=C(C)O[C@]2(C)[C@@H](O[Si](C)(C)C(C)(C)C)C[C@@H](C(C)C)C[C@H]2C1=O. The minimum Gasteiger partial charge on any atom is -0.507 e. The molecule has 3 aliphatic rings. The van der Waals surface area contributed by atoms with E-state index in [0.717, 1.165) is 30.4 Å². The summed E-state index contributed by atoms with van der Waals surface area (Å²) in [6, 6.07) is 0. The molecule has 9 nitrogen and oxygen atoms in total. The molecule has 11 heteroatoms. The molecule has 1 N–H and O–H groups in total. The van der Waals surface area contributed by atoms with Gasteiger partial charge in [0.05, 0.1) is 37.4 Å². The molecular weight excluding hydrogens is 729 g/mol. The third kappa shape index (κ3) is 11.7. The number of hydrogen-bond donors (Lipinski definition) is 1. The molecule has 0 bridgehead atoms. The summed E-state index contributed by atoms with van der Waals surface area (Å²) in [5.41, 5.74) is 1.19. The summed E-state index contributed by atoms with van der Waals surface area (Å²) in [6.45, 7) is 40.9. The van der Waals surface area contributed by atoms with Crippen molar-refractivity contribution < 1.29 is 42.6 Å². The van der Waals surface area contributed by atoms with Crippen LogP contribution in [0.1, 0.15) is 130 Å². The monoisotopic (exact) mass is 807 g/mol. The van der Waals surface area contributed by atoms with Gasteiger partial charge in [0.1, 0.15) is 22.7 Å². The predicted molar refractivity (Wildman–Crippen MR) is 227 cm³/mol. The number of carbonyl (C=O) groups excluding carboxylic acids is 3. The van der Waals surface area contributed by atoms with Gasteiger partial charge < -0.3 is 28.2 Å². The van der Waals surface area contributed by atoms with Crippen LogP contribution < -0.4 is 0 Å². The lowest BCUT2D eigenvalue weighted by molar-refractivity contribution is -0.172. The predicted octanol–water partition coefficient (Wildman–Crippen LogP) is 11.0. The zero-order valence-corrected chi connectivity index (χ0v) is 40.1. The summed E-state index contributed by atoms with van der Waals surface area (Å²) in [4.78, 5) is 37.7. The fourth-order valence-corrected chi connectivity index (χ4v) is 10.0. The van der Waals surface area contributed by atoms with E-state index in [9.17, 15) is 19.5 Å². The first kappa shape index (κ1) is 48.9. The van der Waals surface area contributed by atoms with Gasteiger partial charge in [-0.15, -0.1) is 0 Å². The zero-order valence-electron chi connectivity index (χ0n) is 38.1. The largest absolute Gasteiger partial charge is 0.507 e. The van der Waals surface area contributed by atoms with Crippen LogP contribution in [0, 0.1) is 29.6 Å². The Labute approximate surface area is 336 Å². The number of hydrogen-bond acceptors (Lipinski definition) is 9. The molecule has 0 radical (unpaired) electrons. The third-order valence-electron chi connectivity index (χ3n) is 13.3. The average molecular weight is 807 g/mol. The van der Waals surface area contributed by atoms with E-state index in [1.54, 1.807) is 20.8 Å². The Balaban J connectivity index is 0.000000383. The number of allylic oxidation sites excluding steroid dienone is 2. The van der Waals surface area contributed by atoms with Gasteiger partial charge in [-0.25, -0.2) is 9.59 Å². The lowest BCUT2D eigenvalue weighted by atomic mass is 9.64. The third-order valence-corrected chi connectivity index (χ3v) is 22.3. The number of ketones is 1. The summed E-state index contributed by atoms with van der Waals surface area (Å²) in [5.74, 6) is 0.428. The number of fused-ring (bicyclic) bond motifs is 1. The fraction of sp³-hybridized carbons (Fsp3) is 0.795. The van der Waals surface area contributed by atoms with Crippen LogP contribution in [0.4, 0.5) is 0 Å². The van der Waals surface area contributed by atoms with Gasteiger partial charge in [-0.2, -0.15) is 0 Å². The van der Waals surface area contributed by atoms with Gasteiger partial charge in [0, 0.05) is 0 Å². The van der Waals surface area contributed by atoms with Gasteiger partial charge in [0.15, 0.2) is 22.4 Å². The molecule has 0 amide bonds. The van der Waals surface area contributed by atoms with Crippen molar-refractivity contribution in [2.75, 3.05) is 13.2 Å². The lowest BCUT2D eigenvalue weighted by Crippen LogP contribution is -2.62. The smallest absolute Gasteiger partial charge is 0.345 e. The van der Waals surface area contributed by atoms with Gasteiger partial charge in [0.2, 0.25) is 0 Å². The highest BCUT2D eigenvalue weighted by Gasteiger charge is 2.59. The highest BCUT2D eigenvalue weighted by atomic mass is 28.4. The molecule has 0 saturated heterocycles. The summed E-state index contributed by atoms with van der Waals surface area (Å²) in [7, 11) is -4.01. The van der Waals surface area contributed by atoms with Gasteiger partial charge in [-0.1, -0.05) is 69.2 Å². The molecule has 0 aromatic carbocycles. The van der Waals surface area contributed by atoms with Crippen LogP contribution in [0.2, 0.25) is 36.3 Å². The number of Topliss-reactive ketones (excluding diaryl/α,β-unsaturated/α-hetero) is 1. The van der Waals surface area contributed by atoms with Crippen molar-refractivity contribution in [3.8, 4) is 0 Å². The first-order valence-electron chi connectivity index (χ1n) is 20.7. The van der Waals surface area contributed by atoms with Crippen LogP contribution in [-0.2, 0) is 37.4 Å². The molecule has 3 rings (SSSR count). The van der Waals surface area contributed by atoms with Crippen molar-refractivity contribution in [1.29, 1.82) is 0 Å². The molecule has 1 aliphatic heterocycles. The number of esters is 2. The zero-order chi connectivity index (χ0) is 42.6. The maximum absolute atomic E-state index is 13.5. The van der Waals surface area contributed by atoms with Gasteiger partial charge in [-0.05, 0) is 131 Å². The Morgan fingerprint density at radius 3 is 1.84 bits per heavy atom. The number of rotatable bonds is 11. The van der Waals surface area contributed by atoms with E-state index in [1.165, 1.54) is 6.08 Å². The standard InChI is InChI=1S/C23H40O5Si.C21H38O4Si/c1-11-26-21(25)19-15(4)27-23(8)17(20(19)24)12-16(14(2)3)13-18(23)28-29(9,10)22(5,6)7;1-10-24-20(23)13-18(22)17-11-16(14(2)3)12-19(15(17)4)25-26(8,9)21(5,6)7/h14,16-18H,11-13H2,1-10H3;13-14,16,19,22H,10-12H2,1-9H3/b;18-13-/t16-,17-,18-,23-;16-,19-/m00/s1. The molecule has 316 valence electrons. The Morgan fingerprint density at radius 1 is 0.855 bits per heavy atom. The maximum atomic E-state index is 13.5. The summed E-state index contributed by atoms with van der Waals surface area (Å²) in [5, 5.41) is 10.8. The highest BCUT2D eigenvalue weighted by molar-refractivity contribution is 6.74. The van der Waals surface area contributed by atoms with E-state index in [2.05, 4.69) is 95.4 Å². The van der Waals surface area contributed by atoms with E-state index in [-0.39, 0.29) is 46.0 Å². The molecule has 0 aromatic heterocycles. The first-order valence-corrected chi connectivity index (χ1v) is 26.5. The number of carbonyl (C=O) groups is 3. The topological polar surface area (TPSA) is 118 Å². The molecule has 0 unspecified atom stereocenters. The van der Waals surface area contributed by atoms with Crippen molar-refractivity contribution in [1.82, 2.24) is 0 Å². The maximum Gasteiger partial charge on any atom is 0.345 e. The van der Waals surface area contributed by atoms with E-state index in [1.807, 2.05) is 13.8 Å². The summed E-state index contributed by atoms with van der Waals surface area (Å²) < 4.78 is 30.0. The van der Waals surface area contributed by atoms with Crippen molar-refractivity contribution in [2.45, 2.75) is 184 Å². The van der Waals surface area contributed by atoms with E-state index < -0.39 is 40.1 Å². The molecule has 6 atom stereocenters. The van der Waals surface area contributed by atoms with Crippen molar-refractivity contribution in [2.24, 2.45) is 29.6 Å². The molecule has 1 saturated carbocycles. The van der Waals surface area contributed by atoms with Crippen LogP contribution in [0.3, 0.4) is 0 Å². The molecule has 1 fully saturated rings. The second-order valence-electron chi connectivity index (χ2n) is 20.0. The Bertz CT molecular complexity index is 1470. The van der Waals surface area contributed by atoms with Crippen LogP contribution >= 0.6 is 0 Å². The van der Waals surface area contributed by atoms with Gasteiger partial charge in [0.25, 0.3) is 0 Å².